The summed E-state index contributed by atoms with van der Waals surface area (Å²) in [6.45, 7) is 2.80. The highest BCUT2D eigenvalue weighted by Crippen LogP contribution is 2.18. The Morgan fingerprint density at radius 2 is 2.40 bits per heavy atom. The fraction of sp³-hybridized carbons (Fsp3) is 0.545. The maximum Gasteiger partial charge on any atom is 0.189 e. The van der Waals surface area contributed by atoms with Gasteiger partial charge in [0.25, 0.3) is 0 Å². The van der Waals surface area contributed by atoms with Gasteiger partial charge in [0, 0.05) is 6.04 Å². The molecule has 1 aliphatic carbocycles. The minimum Gasteiger partial charge on any atom is -0.370 e. The van der Waals surface area contributed by atoms with Crippen LogP contribution in [0.25, 0.3) is 0 Å². The zero-order valence-electron chi connectivity index (χ0n) is 8.99. The van der Waals surface area contributed by atoms with Crippen molar-refractivity contribution < 1.29 is 0 Å². The number of aryl methyl sites for hydroxylation is 1. The monoisotopic (exact) mass is 223 g/mol. The lowest BCUT2D eigenvalue weighted by Crippen LogP contribution is -2.43. The van der Waals surface area contributed by atoms with Crippen LogP contribution < -0.4 is 11.1 Å². The number of nitrogens with zero attached hydrogens (tertiary/aromatic N) is 1. The molecule has 3 nitrogen and oxygen atoms in total. The van der Waals surface area contributed by atoms with Crippen molar-refractivity contribution in [1.29, 1.82) is 0 Å². The van der Waals surface area contributed by atoms with Gasteiger partial charge in [-0.3, -0.25) is 0 Å². The van der Waals surface area contributed by atoms with Crippen LogP contribution in [-0.4, -0.2) is 12.0 Å². The summed E-state index contributed by atoms with van der Waals surface area (Å²) >= 11 is 1.72. The molecule has 0 saturated heterocycles. The van der Waals surface area contributed by atoms with Gasteiger partial charge in [-0.15, -0.1) is 0 Å². The van der Waals surface area contributed by atoms with Gasteiger partial charge in [-0.25, -0.2) is 4.99 Å². The van der Waals surface area contributed by atoms with Crippen LogP contribution in [0.15, 0.2) is 15.8 Å². The van der Waals surface area contributed by atoms with E-state index in [1.807, 2.05) is 0 Å². The normalized spacial score (nSPS) is 17.5. The van der Waals surface area contributed by atoms with Crippen molar-refractivity contribution in [1.82, 2.24) is 5.32 Å². The zero-order valence-corrected chi connectivity index (χ0v) is 9.81. The average Bonchev–Trinajstić information content (AvgIpc) is 2.55. The number of hydrogen-bond donors (Lipinski definition) is 2. The van der Waals surface area contributed by atoms with E-state index in [-0.39, 0.29) is 0 Å². The molecule has 82 valence electrons. The first kappa shape index (κ1) is 10.5. The number of thiophene rings is 1. The van der Waals surface area contributed by atoms with E-state index in [0.29, 0.717) is 18.5 Å². The molecule has 0 radical (unpaired) electrons. The number of aliphatic imine (C=N–C) groups is 1. The molecule has 0 aliphatic heterocycles. The van der Waals surface area contributed by atoms with E-state index in [1.54, 1.807) is 11.3 Å². The highest BCUT2D eigenvalue weighted by molar-refractivity contribution is 7.08. The molecule has 0 aromatic carbocycles. The average molecular weight is 223 g/mol. The molecule has 1 saturated carbocycles. The Hall–Kier alpha value is -1.03. The van der Waals surface area contributed by atoms with Gasteiger partial charge in [-0.05, 0) is 48.1 Å². The van der Waals surface area contributed by atoms with Crippen LogP contribution >= 0.6 is 11.3 Å². The van der Waals surface area contributed by atoms with Gasteiger partial charge in [-0.2, -0.15) is 11.3 Å². The largest absolute Gasteiger partial charge is 0.370 e. The van der Waals surface area contributed by atoms with Gasteiger partial charge < -0.3 is 11.1 Å². The molecule has 0 bridgehead atoms. The van der Waals surface area contributed by atoms with Crippen molar-refractivity contribution in [3.8, 4) is 0 Å². The molecule has 2 rings (SSSR count). The lowest BCUT2D eigenvalue weighted by atomic mass is 9.93. The summed E-state index contributed by atoms with van der Waals surface area (Å²) in [7, 11) is 0. The second kappa shape index (κ2) is 4.66. The second-order valence-corrected chi connectivity index (χ2v) is 4.80. The molecular weight excluding hydrogens is 206 g/mol. The van der Waals surface area contributed by atoms with Gasteiger partial charge in [0.2, 0.25) is 0 Å². The molecule has 0 amide bonds. The highest BCUT2D eigenvalue weighted by Gasteiger charge is 2.17. The Bertz CT molecular complexity index is 352. The molecular formula is C11H17N3S. The topological polar surface area (TPSA) is 50.4 Å². The maximum atomic E-state index is 5.79. The summed E-state index contributed by atoms with van der Waals surface area (Å²) in [5, 5.41) is 7.50. The minimum absolute atomic E-state index is 0.567. The first-order valence-corrected chi connectivity index (χ1v) is 6.28. The predicted molar refractivity (Wildman–Crippen MR) is 65.2 cm³/mol. The summed E-state index contributed by atoms with van der Waals surface area (Å²) in [5.74, 6) is 0.588. The van der Waals surface area contributed by atoms with Crippen molar-refractivity contribution in [3.63, 3.8) is 0 Å². The molecule has 15 heavy (non-hydrogen) atoms. The van der Waals surface area contributed by atoms with E-state index >= 15 is 0 Å². The first-order chi connectivity index (χ1) is 7.25. The van der Waals surface area contributed by atoms with Gasteiger partial charge >= 0.3 is 0 Å². The third-order valence-electron chi connectivity index (χ3n) is 2.84. The molecule has 4 heteroatoms. The minimum atomic E-state index is 0.567. The Morgan fingerprint density at radius 1 is 1.60 bits per heavy atom. The lowest BCUT2D eigenvalue weighted by molar-refractivity contribution is 0.382. The predicted octanol–water partition coefficient (Wildman–Crippen LogP) is 2.01. The Balaban J connectivity index is 1.84. The number of hydrogen-bond acceptors (Lipinski definition) is 2. The fourth-order valence-electron chi connectivity index (χ4n) is 1.53. The fourth-order valence-corrected chi connectivity index (χ4v) is 2.37. The molecule has 1 aromatic rings. The molecule has 1 fully saturated rings. The molecule has 1 aliphatic rings. The number of guanidine groups is 1. The van der Waals surface area contributed by atoms with Crippen LogP contribution in [0, 0.1) is 6.92 Å². The van der Waals surface area contributed by atoms with Crippen molar-refractivity contribution in [2.45, 2.75) is 38.8 Å². The maximum absolute atomic E-state index is 5.79. The Kier molecular flexibility index (Phi) is 3.26. The molecule has 1 aromatic heterocycles. The van der Waals surface area contributed by atoms with Crippen molar-refractivity contribution in [3.05, 3.63) is 21.9 Å². The van der Waals surface area contributed by atoms with Gasteiger partial charge in [0.05, 0.1) is 6.54 Å². The molecule has 0 atom stereocenters. The summed E-state index contributed by atoms with van der Waals surface area (Å²) in [4.78, 5) is 4.34. The third-order valence-corrected chi connectivity index (χ3v) is 3.75. The van der Waals surface area contributed by atoms with E-state index in [2.05, 4.69) is 28.0 Å². The van der Waals surface area contributed by atoms with Crippen molar-refractivity contribution in [2.24, 2.45) is 10.7 Å². The summed E-state index contributed by atoms with van der Waals surface area (Å²) in [6.07, 6.45) is 3.77. The quantitative estimate of drug-likeness (QED) is 0.608. The van der Waals surface area contributed by atoms with Gasteiger partial charge in [0.15, 0.2) is 5.96 Å². The number of rotatable bonds is 3. The van der Waals surface area contributed by atoms with Gasteiger partial charge in [-0.1, -0.05) is 0 Å². The molecule has 1 heterocycles. The second-order valence-electron chi connectivity index (χ2n) is 4.05. The highest BCUT2D eigenvalue weighted by atomic mass is 32.1. The third kappa shape index (κ3) is 2.72. The smallest absolute Gasteiger partial charge is 0.189 e. The van der Waals surface area contributed by atoms with E-state index in [0.717, 1.165) is 0 Å². The van der Waals surface area contributed by atoms with Crippen LogP contribution in [0.2, 0.25) is 0 Å². The Labute approximate surface area is 94.4 Å². The van der Waals surface area contributed by atoms with Crippen LogP contribution in [0.4, 0.5) is 0 Å². The van der Waals surface area contributed by atoms with Crippen LogP contribution in [-0.2, 0) is 6.54 Å². The van der Waals surface area contributed by atoms with Crippen LogP contribution in [0.5, 0.6) is 0 Å². The SMILES string of the molecule is Cc1cscc1CN=C(N)NC1CCC1. The summed E-state index contributed by atoms with van der Waals surface area (Å²) < 4.78 is 0. The summed E-state index contributed by atoms with van der Waals surface area (Å²) in [6, 6.07) is 0.567. The first-order valence-electron chi connectivity index (χ1n) is 5.34. The number of nitrogens with two attached hydrogens (primary N) is 1. The van der Waals surface area contributed by atoms with E-state index in [9.17, 15) is 0 Å². The van der Waals surface area contributed by atoms with Crippen LogP contribution in [0.3, 0.4) is 0 Å². The van der Waals surface area contributed by atoms with E-state index < -0.39 is 0 Å². The molecule has 3 N–H and O–H groups in total. The van der Waals surface area contributed by atoms with Gasteiger partial charge in [0.1, 0.15) is 0 Å². The van der Waals surface area contributed by atoms with Crippen LogP contribution in [0.1, 0.15) is 30.4 Å². The molecule has 0 spiro atoms. The standard InChI is InChI=1S/C11H17N3S/c1-8-6-15-7-9(8)5-13-11(12)14-10-3-2-4-10/h6-7,10H,2-5H2,1H3,(H3,12,13,14). The van der Waals surface area contributed by atoms with E-state index in [4.69, 9.17) is 5.73 Å². The molecule has 0 unspecified atom stereocenters. The number of nitrogens with one attached hydrogen (secondary N) is 1. The zero-order chi connectivity index (χ0) is 10.7. The van der Waals surface area contributed by atoms with Crippen molar-refractivity contribution >= 4 is 17.3 Å². The Morgan fingerprint density at radius 3 is 2.93 bits per heavy atom. The van der Waals surface area contributed by atoms with E-state index in [1.165, 1.54) is 30.4 Å². The van der Waals surface area contributed by atoms with Crippen molar-refractivity contribution in [2.75, 3.05) is 0 Å². The lowest BCUT2D eigenvalue weighted by Gasteiger charge is -2.26. The summed E-state index contributed by atoms with van der Waals surface area (Å²) in [5.41, 5.74) is 8.38.